The molecule has 6 nitrogen and oxygen atoms in total. The number of rotatable bonds is 5. The molecule has 0 N–H and O–H groups in total. The summed E-state index contributed by atoms with van der Waals surface area (Å²) in [6.07, 6.45) is 5.08. The second kappa shape index (κ2) is 8.59. The Morgan fingerprint density at radius 2 is 1.31 bits per heavy atom. The molecule has 0 spiro atoms. The van der Waals surface area contributed by atoms with E-state index < -0.39 is 41.9 Å². The Labute approximate surface area is 226 Å². The Kier molecular flexibility index (Phi) is 5.72. The van der Waals surface area contributed by atoms with Crippen LogP contribution in [-0.2, 0) is 9.59 Å². The zero-order valence-electron chi connectivity index (χ0n) is 18.5. The van der Waals surface area contributed by atoms with E-state index in [0.29, 0.717) is 21.9 Å². The smallest absolute Gasteiger partial charge is 0.274 e. The third-order valence-electron chi connectivity index (χ3n) is 7.80. The van der Waals surface area contributed by atoms with Crippen molar-refractivity contribution in [3.05, 3.63) is 79.8 Å². The van der Waals surface area contributed by atoms with Gasteiger partial charge in [0.25, 0.3) is 17.7 Å². The molecular weight excluding hydrogens is 546 g/mol. The fourth-order valence-electron chi connectivity index (χ4n) is 6.15. The number of Topliss-reactive ketones (excluding diaryl/α,β-unsaturated/α-hetero) is 1. The van der Waals surface area contributed by atoms with Gasteiger partial charge in [-0.3, -0.25) is 19.2 Å². The van der Waals surface area contributed by atoms with Crippen molar-refractivity contribution in [1.29, 1.82) is 0 Å². The summed E-state index contributed by atoms with van der Waals surface area (Å²) < 4.78 is 0. The summed E-state index contributed by atoms with van der Waals surface area (Å²) in [7, 11) is 0. The first-order chi connectivity index (χ1) is 17.2. The van der Waals surface area contributed by atoms with Gasteiger partial charge in [0, 0.05) is 15.6 Å². The molecule has 36 heavy (non-hydrogen) atoms. The molecule has 3 fully saturated rings. The maximum atomic E-state index is 13.7. The van der Waals surface area contributed by atoms with Gasteiger partial charge in [0.05, 0.1) is 27.4 Å². The third-order valence-corrected chi connectivity index (χ3v) is 8.90. The van der Waals surface area contributed by atoms with Gasteiger partial charge in [-0.05, 0) is 66.5 Å². The Bertz CT molecular complexity index is 1360. The van der Waals surface area contributed by atoms with Gasteiger partial charge in [-0.25, -0.2) is 5.01 Å². The molecule has 6 atom stereocenters. The van der Waals surface area contributed by atoms with Crippen molar-refractivity contribution in [1.82, 2.24) is 10.0 Å². The number of allylic oxidation sites excluding steroid dienone is 2. The van der Waals surface area contributed by atoms with Crippen molar-refractivity contribution >= 4 is 69.9 Å². The van der Waals surface area contributed by atoms with E-state index in [1.165, 1.54) is 36.4 Å². The number of carbonyl (C=O) groups is 4. The largest absolute Gasteiger partial charge is 0.292 e. The maximum absolute atomic E-state index is 13.7. The number of hydrazine groups is 1. The lowest BCUT2D eigenvalue weighted by molar-refractivity contribution is -0.154. The third kappa shape index (κ3) is 3.61. The summed E-state index contributed by atoms with van der Waals surface area (Å²) in [5.74, 6) is -2.64. The predicted molar refractivity (Wildman–Crippen MR) is 135 cm³/mol. The van der Waals surface area contributed by atoms with E-state index in [1.807, 2.05) is 12.2 Å². The first-order valence-corrected chi connectivity index (χ1v) is 13.0. The number of halogens is 4. The summed E-state index contributed by atoms with van der Waals surface area (Å²) in [5, 5.41) is 2.55. The van der Waals surface area contributed by atoms with Gasteiger partial charge in [0.2, 0.25) is 0 Å². The number of carbonyl (C=O) groups excluding carboxylic acids is 4. The predicted octanol–water partition coefficient (Wildman–Crippen LogP) is 5.59. The molecular formula is C26H18Cl4N2O4. The Morgan fingerprint density at radius 1 is 0.806 bits per heavy atom. The van der Waals surface area contributed by atoms with Crippen LogP contribution in [-0.4, -0.2) is 40.1 Å². The van der Waals surface area contributed by atoms with Crippen LogP contribution < -0.4 is 0 Å². The van der Waals surface area contributed by atoms with Crippen molar-refractivity contribution in [2.45, 2.75) is 6.42 Å². The van der Waals surface area contributed by atoms with Crippen LogP contribution in [0.5, 0.6) is 0 Å². The average molecular weight is 564 g/mol. The fourth-order valence-corrected chi connectivity index (χ4v) is 7.15. The molecule has 10 heteroatoms. The number of benzene rings is 2. The lowest BCUT2D eigenvalue weighted by atomic mass is 9.63. The highest BCUT2D eigenvalue weighted by Crippen LogP contribution is 2.65. The van der Waals surface area contributed by atoms with Crippen LogP contribution in [0.1, 0.15) is 27.1 Å². The van der Waals surface area contributed by atoms with Crippen LogP contribution in [0.25, 0.3) is 0 Å². The minimum atomic E-state index is -0.763. The van der Waals surface area contributed by atoms with E-state index in [9.17, 15) is 19.2 Å². The van der Waals surface area contributed by atoms with Gasteiger partial charge < -0.3 is 0 Å². The molecule has 4 aliphatic carbocycles. The van der Waals surface area contributed by atoms with Gasteiger partial charge in [-0.15, -0.1) is 0 Å². The van der Waals surface area contributed by atoms with Gasteiger partial charge in [0.15, 0.2) is 5.78 Å². The van der Waals surface area contributed by atoms with E-state index in [-0.39, 0.29) is 33.0 Å². The molecule has 0 radical (unpaired) electrons. The molecule has 1 heterocycles. The maximum Gasteiger partial charge on any atom is 0.274 e. The summed E-state index contributed by atoms with van der Waals surface area (Å²) in [6.45, 7) is -0.592. The first kappa shape index (κ1) is 24.0. The normalized spacial score (nSPS) is 29.3. The molecule has 184 valence electrons. The first-order valence-electron chi connectivity index (χ1n) is 11.5. The number of hydrogen-bond donors (Lipinski definition) is 0. The lowest BCUT2D eigenvalue weighted by Gasteiger charge is -2.37. The molecule has 2 saturated carbocycles. The number of hydrogen-bond acceptors (Lipinski definition) is 4. The molecule has 7 rings (SSSR count). The summed E-state index contributed by atoms with van der Waals surface area (Å²) in [4.78, 5) is 54.5. The standard InChI is InChI=1S/C26H18Cl4N2O4/c27-11-1-3-15(19(29)7-11)21(33)10-31(24(34)16-4-2-12(28)8-20(16)30)32-25(35)22-13-5-6-14(18-9-17(13)18)23(22)26(32)36/h1-8,13-14,17-18,22-23H,9-10H2/t13-,14-,17-,18-,22-,23+/m0/s1. The topological polar surface area (TPSA) is 74.8 Å². The molecule has 1 aliphatic heterocycles. The zero-order chi connectivity index (χ0) is 25.5. The van der Waals surface area contributed by atoms with E-state index in [4.69, 9.17) is 46.4 Å². The zero-order valence-corrected chi connectivity index (χ0v) is 21.6. The van der Waals surface area contributed by atoms with Gasteiger partial charge in [-0.1, -0.05) is 58.6 Å². The van der Waals surface area contributed by atoms with Gasteiger partial charge >= 0.3 is 0 Å². The quantitative estimate of drug-likeness (QED) is 0.270. The average Bonchev–Trinajstić information content (AvgIpc) is 3.61. The number of imide groups is 1. The molecule has 1 saturated heterocycles. The van der Waals surface area contributed by atoms with Crippen LogP contribution in [0.2, 0.25) is 20.1 Å². The van der Waals surface area contributed by atoms with Crippen LogP contribution in [0, 0.1) is 35.5 Å². The highest BCUT2D eigenvalue weighted by Gasteiger charge is 2.68. The number of nitrogens with zero attached hydrogens (tertiary/aromatic N) is 2. The summed E-state index contributed by atoms with van der Waals surface area (Å²) in [5.41, 5.74) is 0.121. The van der Waals surface area contributed by atoms with Crippen LogP contribution in [0.4, 0.5) is 0 Å². The highest BCUT2D eigenvalue weighted by molar-refractivity contribution is 6.37. The molecule has 2 aromatic rings. The van der Waals surface area contributed by atoms with Crippen LogP contribution in [0.3, 0.4) is 0 Å². The van der Waals surface area contributed by atoms with Crippen molar-refractivity contribution < 1.29 is 19.2 Å². The number of amides is 3. The minimum Gasteiger partial charge on any atom is -0.292 e. The SMILES string of the molecule is O=C(CN(C(=O)c1ccc(Cl)cc1Cl)N1C(=O)[C@@H]2[C@H]3C=C[C@@H]([C@@H]4C[C@@H]34)[C@@H]2C1=O)c1ccc(Cl)cc1Cl. The summed E-state index contributed by atoms with van der Waals surface area (Å²) >= 11 is 24.5. The minimum absolute atomic E-state index is 0.00971. The van der Waals surface area contributed by atoms with Crippen LogP contribution in [0.15, 0.2) is 48.6 Å². The summed E-state index contributed by atoms with van der Waals surface area (Å²) in [6, 6.07) is 8.61. The second-order valence-corrected chi connectivity index (χ2v) is 11.4. The van der Waals surface area contributed by atoms with Crippen molar-refractivity contribution in [3.63, 3.8) is 0 Å². The second-order valence-electron chi connectivity index (χ2n) is 9.68. The molecule has 0 unspecified atom stereocenters. The Balaban J connectivity index is 1.39. The molecule has 0 aromatic heterocycles. The van der Waals surface area contributed by atoms with Crippen molar-refractivity contribution in [3.8, 4) is 0 Å². The highest BCUT2D eigenvalue weighted by atomic mass is 35.5. The number of ketones is 1. The Hall–Kier alpha value is -2.38. The lowest BCUT2D eigenvalue weighted by Crippen LogP contribution is -2.52. The fraction of sp³-hybridized carbons (Fsp3) is 0.308. The molecule has 2 aromatic carbocycles. The molecule has 5 aliphatic rings. The van der Waals surface area contributed by atoms with Crippen molar-refractivity contribution in [2.75, 3.05) is 6.54 Å². The van der Waals surface area contributed by atoms with Crippen LogP contribution >= 0.6 is 46.4 Å². The van der Waals surface area contributed by atoms with E-state index >= 15 is 0 Å². The van der Waals surface area contributed by atoms with E-state index in [1.54, 1.807) is 0 Å². The van der Waals surface area contributed by atoms with Crippen molar-refractivity contribution in [2.24, 2.45) is 35.5 Å². The molecule has 2 bridgehead atoms. The van der Waals surface area contributed by atoms with E-state index in [0.717, 1.165) is 16.4 Å². The van der Waals surface area contributed by atoms with Gasteiger partial charge in [-0.2, -0.15) is 5.01 Å². The molecule has 3 amide bonds. The van der Waals surface area contributed by atoms with Gasteiger partial charge in [0.1, 0.15) is 6.54 Å². The monoisotopic (exact) mass is 562 g/mol. The Morgan fingerprint density at radius 3 is 1.81 bits per heavy atom. The van der Waals surface area contributed by atoms with E-state index in [2.05, 4.69) is 0 Å².